The lowest BCUT2D eigenvalue weighted by Gasteiger charge is -2.29. The number of benzene rings is 8. The summed E-state index contributed by atoms with van der Waals surface area (Å²) in [6, 6.07) is 79.2. The minimum absolute atomic E-state index is 0. The Balaban J connectivity index is 0.000000200. The van der Waals surface area contributed by atoms with Gasteiger partial charge in [-0.1, -0.05) is 204 Å². The molecule has 0 aliphatic rings. The number of alkyl halides is 3. The highest BCUT2D eigenvalue weighted by Gasteiger charge is 2.47. The second kappa shape index (κ2) is 26.5. The molecule has 0 atom stereocenters. The summed E-state index contributed by atoms with van der Waals surface area (Å²) in [6.07, 6.45) is 0.873. The molecule has 8 aromatic rings. The molecule has 0 fully saturated rings. The highest BCUT2D eigenvalue weighted by molar-refractivity contribution is 9.08. The van der Waals surface area contributed by atoms with Crippen LogP contribution in [0.15, 0.2) is 231 Å². The normalized spacial score (nSPS) is 10.6. The van der Waals surface area contributed by atoms with E-state index in [2.05, 4.69) is 180 Å². The molecule has 2 nitrogen and oxygen atoms in total. The Hall–Kier alpha value is -4.96. The Kier molecular flexibility index (Phi) is 20.5. The van der Waals surface area contributed by atoms with Crippen LogP contribution in [0.2, 0.25) is 0 Å². The van der Waals surface area contributed by atoms with Crippen molar-refractivity contribution in [2.75, 3.05) is 26.6 Å². The molecule has 8 heteroatoms. The minimum atomic E-state index is -2.10. The third-order valence-corrected chi connectivity index (χ3v) is 17.3. The van der Waals surface area contributed by atoms with Gasteiger partial charge in [0.15, 0.2) is 5.75 Å². The molecule has 0 aliphatic carbocycles. The van der Waals surface area contributed by atoms with Crippen LogP contribution in [0.1, 0.15) is 11.1 Å². The van der Waals surface area contributed by atoms with Crippen LogP contribution >= 0.6 is 48.1 Å². The summed E-state index contributed by atoms with van der Waals surface area (Å²) in [5, 5.41) is 8.31. The standard InChI is InChI=1S/C27H25FOP.C20H18FOP.C7H7Br.BrH/c28-20-21-29-26-18-10-11-19-27(26)30(24-14-6-2-7-15-24,25-16-8-3-9-17-25)22-23-12-4-1-5-13-23;21-15-16-22-19-13-7-8-14-20(19)23(17-9-3-1-4-10-17)18-11-5-2-6-12-18;8-6-7-4-2-1-3-5-7;/h1-19H,20-22H2;1-14H,15-16H2;1-5H,6H2;1H/q+1;;;. The van der Waals surface area contributed by atoms with Gasteiger partial charge in [-0.15, -0.1) is 17.0 Å². The maximum absolute atomic E-state index is 13.0. The second-order valence-electron chi connectivity index (χ2n) is 13.8. The van der Waals surface area contributed by atoms with Crippen LogP contribution in [0.3, 0.4) is 0 Å². The van der Waals surface area contributed by atoms with Crippen molar-refractivity contribution in [3.05, 3.63) is 242 Å². The molecule has 0 aromatic heterocycles. The average Bonchev–Trinajstić information content (AvgIpc) is 3.35. The van der Waals surface area contributed by atoms with Crippen LogP contribution in [-0.4, -0.2) is 26.6 Å². The molecule has 316 valence electrons. The van der Waals surface area contributed by atoms with Crippen molar-refractivity contribution in [3.8, 4) is 11.5 Å². The highest BCUT2D eigenvalue weighted by Crippen LogP contribution is 2.59. The van der Waals surface area contributed by atoms with E-state index in [1.807, 2.05) is 66.7 Å². The summed E-state index contributed by atoms with van der Waals surface area (Å²) >= 11 is 3.36. The van der Waals surface area contributed by atoms with E-state index in [9.17, 15) is 8.78 Å². The Morgan fingerprint density at radius 1 is 0.419 bits per heavy atom. The van der Waals surface area contributed by atoms with Crippen LogP contribution < -0.4 is 41.3 Å². The molecule has 0 aliphatic heterocycles. The fourth-order valence-electron chi connectivity index (χ4n) is 7.02. The summed E-state index contributed by atoms with van der Waals surface area (Å²) in [6.45, 7) is -0.840. The van der Waals surface area contributed by atoms with Gasteiger partial charge < -0.3 is 9.47 Å². The Morgan fingerprint density at radius 3 is 1.24 bits per heavy atom. The lowest BCUT2D eigenvalue weighted by molar-refractivity contribution is 0.275. The highest BCUT2D eigenvalue weighted by atomic mass is 79.9. The molecule has 8 aromatic carbocycles. The van der Waals surface area contributed by atoms with Crippen molar-refractivity contribution in [1.29, 1.82) is 0 Å². The van der Waals surface area contributed by atoms with Crippen LogP contribution in [-0.2, 0) is 11.5 Å². The van der Waals surface area contributed by atoms with Crippen LogP contribution in [0.4, 0.5) is 8.78 Å². The molecular formula is C54H51Br2F2O2P2+. The van der Waals surface area contributed by atoms with E-state index in [1.165, 1.54) is 32.3 Å². The number of hydrogen-bond acceptors (Lipinski definition) is 2. The van der Waals surface area contributed by atoms with Crippen LogP contribution in [0.25, 0.3) is 0 Å². The number of ether oxygens (including phenoxy) is 2. The van der Waals surface area contributed by atoms with E-state index in [-0.39, 0.29) is 30.2 Å². The van der Waals surface area contributed by atoms with Crippen molar-refractivity contribution >= 4 is 79.9 Å². The van der Waals surface area contributed by atoms with Crippen LogP contribution in [0, 0.1) is 0 Å². The second-order valence-corrected chi connectivity index (χ2v) is 20.0. The van der Waals surface area contributed by atoms with E-state index in [0.717, 1.165) is 33.6 Å². The fraction of sp³-hybridized carbons (Fsp3) is 0.111. The predicted molar refractivity (Wildman–Crippen MR) is 273 cm³/mol. The number of para-hydroxylation sites is 2. The van der Waals surface area contributed by atoms with Gasteiger partial charge in [-0.05, 0) is 72.1 Å². The zero-order chi connectivity index (χ0) is 42.4. The van der Waals surface area contributed by atoms with E-state index in [1.54, 1.807) is 0 Å². The third kappa shape index (κ3) is 13.3. The minimum Gasteiger partial charge on any atom is -0.490 e. The topological polar surface area (TPSA) is 18.5 Å². The summed E-state index contributed by atoms with van der Waals surface area (Å²) < 4.78 is 37.1. The molecule has 0 spiro atoms. The molecular weight excluding hydrogens is 940 g/mol. The van der Waals surface area contributed by atoms with Crippen LogP contribution in [0.5, 0.6) is 11.5 Å². The molecule has 0 saturated heterocycles. The van der Waals surface area contributed by atoms with Gasteiger partial charge in [-0.2, -0.15) is 0 Å². The van der Waals surface area contributed by atoms with E-state index < -0.39 is 28.5 Å². The monoisotopic (exact) mass is 989 g/mol. The Labute approximate surface area is 387 Å². The number of halogens is 4. The molecule has 0 saturated carbocycles. The van der Waals surface area contributed by atoms with Crippen molar-refractivity contribution in [2.24, 2.45) is 0 Å². The lowest BCUT2D eigenvalue weighted by atomic mass is 10.2. The molecule has 0 heterocycles. The zero-order valence-corrected chi connectivity index (χ0v) is 39.5. The first kappa shape index (κ1) is 48.1. The largest absolute Gasteiger partial charge is 0.490 e. The van der Waals surface area contributed by atoms with E-state index in [4.69, 9.17) is 9.47 Å². The van der Waals surface area contributed by atoms with Crippen molar-refractivity contribution in [2.45, 2.75) is 11.5 Å². The maximum Gasteiger partial charge on any atom is 0.162 e. The van der Waals surface area contributed by atoms with Gasteiger partial charge >= 0.3 is 0 Å². The summed E-state index contributed by atoms with van der Waals surface area (Å²) in [4.78, 5) is 0. The quantitative estimate of drug-likeness (QED) is 0.0753. The Morgan fingerprint density at radius 2 is 0.790 bits per heavy atom. The zero-order valence-electron chi connectivity index (χ0n) is 34.4. The third-order valence-electron chi connectivity index (χ3n) is 9.73. The first-order valence-electron chi connectivity index (χ1n) is 20.3. The van der Waals surface area contributed by atoms with Crippen molar-refractivity contribution in [3.63, 3.8) is 0 Å². The van der Waals surface area contributed by atoms with E-state index in [0.29, 0.717) is 0 Å². The summed E-state index contributed by atoms with van der Waals surface area (Å²) in [5.74, 6) is 1.54. The number of hydrogen-bond donors (Lipinski definition) is 0. The first-order chi connectivity index (χ1) is 30.2. The van der Waals surface area contributed by atoms with Gasteiger partial charge in [-0.25, -0.2) is 8.78 Å². The van der Waals surface area contributed by atoms with E-state index >= 15 is 0 Å². The smallest absolute Gasteiger partial charge is 0.162 e. The van der Waals surface area contributed by atoms with Crippen molar-refractivity contribution < 1.29 is 18.3 Å². The molecule has 62 heavy (non-hydrogen) atoms. The summed E-state index contributed by atoms with van der Waals surface area (Å²) in [5.41, 5.74) is 2.60. The van der Waals surface area contributed by atoms with Crippen molar-refractivity contribution in [1.82, 2.24) is 0 Å². The molecule has 0 unspecified atom stereocenters. The maximum atomic E-state index is 13.0. The van der Waals surface area contributed by atoms with Gasteiger partial charge in [0.2, 0.25) is 0 Å². The SMILES string of the molecule is Br.BrCc1ccccc1.FCCOc1ccccc1P(c1ccccc1)c1ccccc1.FCCOc1ccccc1[P+](Cc1ccccc1)(c1ccccc1)c1ccccc1. The lowest BCUT2D eigenvalue weighted by Crippen LogP contribution is -2.33. The molecule has 0 amide bonds. The first-order valence-corrected chi connectivity index (χ1v) is 24.7. The van der Waals surface area contributed by atoms with Gasteiger partial charge in [0, 0.05) is 10.6 Å². The van der Waals surface area contributed by atoms with Gasteiger partial charge in [0.1, 0.15) is 55.5 Å². The molecule has 8 rings (SSSR count). The van der Waals surface area contributed by atoms with Gasteiger partial charge in [0.25, 0.3) is 0 Å². The predicted octanol–water partition coefficient (Wildman–Crippen LogP) is 12.5. The molecule has 0 N–H and O–H groups in total. The molecule has 0 bridgehead atoms. The van der Waals surface area contributed by atoms with Gasteiger partial charge in [0.05, 0.1) is 6.16 Å². The average molecular weight is 992 g/mol. The Bertz CT molecular complexity index is 2340. The number of rotatable bonds is 15. The van der Waals surface area contributed by atoms with Gasteiger partial charge in [-0.3, -0.25) is 0 Å². The molecule has 0 radical (unpaired) electrons. The fourth-order valence-corrected chi connectivity index (χ4v) is 14.2. The summed E-state index contributed by atoms with van der Waals surface area (Å²) in [7, 11) is -2.83.